The first-order valence-electron chi connectivity index (χ1n) is 6.59. The molecule has 1 heterocycles. The Kier molecular flexibility index (Phi) is 6.16. The van der Waals surface area contributed by atoms with Crippen LogP contribution in [0.2, 0.25) is 0 Å². The summed E-state index contributed by atoms with van der Waals surface area (Å²) < 4.78 is 4.99. The van der Waals surface area contributed by atoms with Gasteiger partial charge in [-0.1, -0.05) is 30.4 Å². The Morgan fingerprint density at radius 2 is 2.19 bits per heavy atom. The third-order valence-corrected chi connectivity index (χ3v) is 4.64. The van der Waals surface area contributed by atoms with E-state index in [-0.39, 0.29) is 5.91 Å². The highest BCUT2D eigenvalue weighted by Gasteiger charge is 2.13. The maximum Gasteiger partial charge on any atom is 0.258 e. The number of amides is 1. The molecule has 1 aromatic carbocycles. The number of carbonyl (C=O) groups is 1. The summed E-state index contributed by atoms with van der Waals surface area (Å²) in [6.45, 7) is 2.52. The zero-order valence-electron chi connectivity index (χ0n) is 12.0. The van der Waals surface area contributed by atoms with E-state index in [1.54, 1.807) is 18.9 Å². The van der Waals surface area contributed by atoms with Gasteiger partial charge in [-0.15, -0.1) is 22.0 Å². The number of carbonyl (C=O) groups excluding carboxylic acids is 1. The van der Waals surface area contributed by atoms with Crippen LogP contribution >= 0.6 is 23.1 Å². The van der Waals surface area contributed by atoms with E-state index in [9.17, 15) is 4.79 Å². The van der Waals surface area contributed by atoms with Crippen LogP contribution in [0.4, 0.5) is 5.13 Å². The van der Waals surface area contributed by atoms with Crippen molar-refractivity contribution in [2.45, 2.75) is 24.8 Å². The lowest BCUT2D eigenvalue weighted by atomic mass is 10.2. The Morgan fingerprint density at radius 3 is 2.95 bits per heavy atom. The normalized spacial score (nSPS) is 10.6. The number of rotatable bonds is 7. The lowest BCUT2D eigenvalue weighted by Gasteiger charge is -2.07. The molecule has 0 fully saturated rings. The van der Waals surface area contributed by atoms with E-state index in [1.807, 2.05) is 24.3 Å². The first-order valence-corrected chi connectivity index (χ1v) is 8.39. The van der Waals surface area contributed by atoms with Crippen molar-refractivity contribution in [1.29, 1.82) is 0 Å². The van der Waals surface area contributed by atoms with Crippen LogP contribution in [0, 0.1) is 0 Å². The minimum absolute atomic E-state index is 0.158. The number of hydrogen-bond acceptors (Lipinski definition) is 6. The summed E-state index contributed by atoms with van der Waals surface area (Å²) >= 11 is 3.00. The summed E-state index contributed by atoms with van der Waals surface area (Å²) in [4.78, 5) is 13.3. The highest BCUT2D eigenvalue weighted by molar-refractivity contribution is 7.99. The van der Waals surface area contributed by atoms with Crippen LogP contribution in [0.3, 0.4) is 0 Å². The minimum Gasteiger partial charge on any atom is -0.377 e. The summed E-state index contributed by atoms with van der Waals surface area (Å²) in [5.74, 6) is 0.829. The van der Waals surface area contributed by atoms with Crippen LogP contribution < -0.4 is 5.32 Å². The quantitative estimate of drug-likeness (QED) is 0.791. The number of aromatic nitrogens is 2. The maximum atomic E-state index is 12.3. The van der Waals surface area contributed by atoms with Crippen molar-refractivity contribution < 1.29 is 9.53 Å². The van der Waals surface area contributed by atoms with Gasteiger partial charge in [-0.05, 0) is 24.3 Å². The molecule has 7 heteroatoms. The van der Waals surface area contributed by atoms with Crippen LogP contribution in [0.15, 0.2) is 29.2 Å². The molecule has 0 aliphatic carbocycles. The Labute approximate surface area is 132 Å². The van der Waals surface area contributed by atoms with Gasteiger partial charge in [-0.25, -0.2) is 0 Å². The molecular weight excluding hydrogens is 306 g/mol. The molecule has 0 radical (unpaired) electrons. The van der Waals surface area contributed by atoms with Crippen molar-refractivity contribution in [3.63, 3.8) is 0 Å². The van der Waals surface area contributed by atoms with E-state index in [0.29, 0.717) is 17.3 Å². The van der Waals surface area contributed by atoms with E-state index in [1.165, 1.54) is 11.3 Å². The van der Waals surface area contributed by atoms with Crippen molar-refractivity contribution in [3.8, 4) is 0 Å². The smallest absolute Gasteiger partial charge is 0.258 e. The molecule has 0 bridgehead atoms. The predicted molar refractivity (Wildman–Crippen MR) is 86.0 cm³/mol. The molecule has 0 aliphatic heterocycles. The molecule has 0 saturated carbocycles. The molecule has 1 N–H and O–H groups in total. The Bertz CT molecular complexity index is 601. The fourth-order valence-electron chi connectivity index (χ4n) is 1.64. The Morgan fingerprint density at radius 1 is 1.38 bits per heavy atom. The third kappa shape index (κ3) is 4.52. The Balaban J connectivity index is 2.08. The number of ether oxygens (including phenoxy) is 1. The standard InChI is InChI=1S/C14H17N3O2S2/c1-3-8-20-11-7-5-4-6-10(11)13(18)15-14-17-16-12(21-14)9-19-2/h4-7H,3,8-9H2,1-2H3,(H,15,17,18). The van der Waals surface area contributed by atoms with Gasteiger partial charge < -0.3 is 4.74 Å². The molecule has 0 unspecified atom stereocenters. The number of hydrogen-bond donors (Lipinski definition) is 1. The number of nitrogens with one attached hydrogen (secondary N) is 1. The second kappa shape index (κ2) is 8.11. The fraction of sp³-hybridized carbons (Fsp3) is 0.357. The summed E-state index contributed by atoms with van der Waals surface area (Å²) in [7, 11) is 1.60. The summed E-state index contributed by atoms with van der Waals surface area (Å²) in [6.07, 6.45) is 1.07. The molecule has 2 rings (SSSR count). The number of methoxy groups -OCH3 is 1. The second-order valence-electron chi connectivity index (χ2n) is 4.23. The van der Waals surface area contributed by atoms with Crippen molar-refractivity contribution in [2.24, 2.45) is 0 Å². The number of thioether (sulfide) groups is 1. The largest absolute Gasteiger partial charge is 0.377 e. The first kappa shape index (κ1) is 15.9. The fourth-order valence-corrected chi connectivity index (χ4v) is 3.26. The lowest BCUT2D eigenvalue weighted by molar-refractivity contribution is 0.102. The van der Waals surface area contributed by atoms with Gasteiger partial charge in [0.1, 0.15) is 11.6 Å². The molecule has 5 nitrogen and oxygen atoms in total. The van der Waals surface area contributed by atoms with E-state index in [2.05, 4.69) is 22.4 Å². The van der Waals surface area contributed by atoms with Crippen LogP contribution in [0.5, 0.6) is 0 Å². The van der Waals surface area contributed by atoms with Crippen molar-refractivity contribution in [1.82, 2.24) is 10.2 Å². The lowest BCUT2D eigenvalue weighted by Crippen LogP contribution is -2.12. The van der Waals surface area contributed by atoms with Crippen LogP contribution in [-0.4, -0.2) is 29.0 Å². The van der Waals surface area contributed by atoms with Gasteiger partial charge in [0.15, 0.2) is 0 Å². The summed E-state index contributed by atoms with van der Waals surface area (Å²) in [6, 6.07) is 7.59. The van der Waals surface area contributed by atoms with Crippen LogP contribution in [0.25, 0.3) is 0 Å². The molecule has 0 aliphatic rings. The van der Waals surface area contributed by atoms with E-state index < -0.39 is 0 Å². The molecule has 0 spiro atoms. The van der Waals surface area contributed by atoms with E-state index in [4.69, 9.17) is 4.74 Å². The molecule has 21 heavy (non-hydrogen) atoms. The van der Waals surface area contributed by atoms with Gasteiger partial charge in [0, 0.05) is 12.0 Å². The van der Waals surface area contributed by atoms with Gasteiger partial charge in [-0.2, -0.15) is 0 Å². The second-order valence-corrected chi connectivity index (χ2v) is 6.43. The summed E-state index contributed by atoms with van der Waals surface area (Å²) in [5, 5.41) is 11.9. The first-order chi connectivity index (χ1) is 10.2. The van der Waals surface area contributed by atoms with E-state index >= 15 is 0 Å². The average Bonchev–Trinajstić information content (AvgIpc) is 2.93. The third-order valence-electron chi connectivity index (χ3n) is 2.55. The van der Waals surface area contributed by atoms with Gasteiger partial charge in [0.2, 0.25) is 5.13 Å². The van der Waals surface area contributed by atoms with E-state index in [0.717, 1.165) is 22.1 Å². The van der Waals surface area contributed by atoms with Gasteiger partial charge in [-0.3, -0.25) is 10.1 Å². The van der Waals surface area contributed by atoms with Gasteiger partial charge in [0.05, 0.1) is 5.56 Å². The summed E-state index contributed by atoms with van der Waals surface area (Å²) in [5.41, 5.74) is 0.666. The molecular formula is C14H17N3O2S2. The van der Waals surface area contributed by atoms with Gasteiger partial charge in [0.25, 0.3) is 5.91 Å². The Hall–Kier alpha value is -1.44. The minimum atomic E-state index is -0.158. The van der Waals surface area contributed by atoms with Crippen LogP contribution in [-0.2, 0) is 11.3 Å². The van der Waals surface area contributed by atoms with Crippen molar-refractivity contribution in [3.05, 3.63) is 34.8 Å². The van der Waals surface area contributed by atoms with Crippen molar-refractivity contribution >= 4 is 34.1 Å². The highest BCUT2D eigenvalue weighted by atomic mass is 32.2. The zero-order chi connectivity index (χ0) is 15.1. The molecule has 1 aromatic heterocycles. The molecule has 2 aromatic rings. The number of nitrogens with zero attached hydrogens (tertiary/aromatic N) is 2. The number of anilines is 1. The number of benzene rings is 1. The zero-order valence-corrected chi connectivity index (χ0v) is 13.6. The molecule has 0 atom stereocenters. The highest BCUT2D eigenvalue weighted by Crippen LogP contribution is 2.24. The molecule has 0 saturated heterocycles. The molecule has 1 amide bonds. The predicted octanol–water partition coefficient (Wildman–Crippen LogP) is 3.44. The topological polar surface area (TPSA) is 64.1 Å². The van der Waals surface area contributed by atoms with Crippen molar-refractivity contribution in [2.75, 3.05) is 18.2 Å². The average molecular weight is 323 g/mol. The van der Waals surface area contributed by atoms with Gasteiger partial charge >= 0.3 is 0 Å². The SMILES string of the molecule is CCCSc1ccccc1C(=O)Nc1nnc(COC)s1. The monoisotopic (exact) mass is 323 g/mol. The van der Waals surface area contributed by atoms with Crippen LogP contribution in [0.1, 0.15) is 28.7 Å². The molecule has 112 valence electrons. The maximum absolute atomic E-state index is 12.3.